The molecule has 1 rings (SSSR count). The summed E-state index contributed by atoms with van der Waals surface area (Å²) in [6, 6.07) is 0. The fraction of sp³-hybridized carbons (Fsp3) is 0. The molecule has 0 aromatic heterocycles. The van der Waals surface area contributed by atoms with Gasteiger partial charge < -0.3 is 0 Å². The highest BCUT2D eigenvalue weighted by Crippen LogP contribution is 2.19. The van der Waals surface area contributed by atoms with E-state index in [9.17, 15) is 0 Å². The molecule has 0 radical (unpaired) electrons. The molecule has 1 aliphatic rings. The topological polar surface area (TPSA) is 52.8 Å². The number of hydrogen-bond acceptors (Lipinski definition) is 4. The molecule has 0 atom stereocenters. The van der Waals surface area contributed by atoms with Crippen molar-refractivity contribution < 1.29 is 14.7 Å². The van der Waals surface area contributed by atoms with E-state index >= 15 is 0 Å². The van der Waals surface area contributed by atoms with Crippen LogP contribution >= 0.6 is 11.9 Å². The normalized spacial score (nSPS) is 23.8. The first kappa shape index (κ1) is 5.77. The van der Waals surface area contributed by atoms with Crippen LogP contribution in [0.4, 0.5) is 0 Å². The van der Waals surface area contributed by atoms with Crippen molar-refractivity contribution in [3.63, 3.8) is 0 Å². The molecule has 0 spiro atoms. The Balaban J connectivity index is 2.65. The first-order valence-corrected chi connectivity index (χ1v) is 2.78. The number of hydrogen-bond donors (Lipinski definition) is 2. The van der Waals surface area contributed by atoms with Crippen LogP contribution in [0.5, 0.6) is 0 Å². The standard InChI is InChI=1S/C3H5N2O2S/c6-5(7)4-2-1-3-8-5/h1-3,6-7H/q+1. The van der Waals surface area contributed by atoms with Gasteiger partial charge in [0.15, 0.2) is 0 Å². The van der Waals surface area contributed by atoms with E-state index in [1.165, 1.54) is 11.6 Å². The molecule has 0 unspecified atom stereocenters. The Hall–Kier alpha value is -0.360. The van der Waals surface area contributed by atoms with Crippen molar-refractivity contribution in [2.24, 2.45) is 5.10 Å². The van der Waals surface area contributed by atoms with Crippen molar-refractivity contribution in [3.8, 4) is 0 Å². The van der Waals surface area contributed by atoms with E-state index < -0.39 is 4.32 Å². The van der Waals surface area contributed by atoms with Crippen molar-refractivity contribution in [2.75, 3.05) is 0 Å². The lowest BCUT2D eigenvalue weighted by molar-refractivity contribution is -1.15. The summed E-state index contributed by atoms with van der Waals surface area (Å²) >= 11 is 0.791. The van der Waals surface area contributed by atoms with Crippen molar-refractivity contribution in [1.29, 1.82) is 0 Å². The van der Waals surface area contributed by atoms with Crippen molar-refractivity contribution in [1.82, 2.24) is 0 Å². The summed E-state index contributed by atoms with van der Waals surface area (Å²) in [6.45, 7) is 0. The Morgan fingerprint density at radius 3 is 2.50 bits per heavy atom. The predicted molar refractivity (Wildman–Crippen MR) is 29.1 cm³/mol. The van der Waals surface area contributed by atoms with Gasteiger partial charge >= 0.3 is 0 Å². The average molecular weight is 133 g/mol. The SMILES string of the molecule is O[N+]1(O)N=CC=CS1. The highest BCUT2D eigenvalue weighted by Gasteiger charge is 2.23. The van der Waals surface area contributed by atoms with Crippen molar-refractivity contribution in [3.05, 3.63) is 11.5 Å². The molecule has 0 amide bonds. The Morgan fingerprint density at radius 1 is 1.50 bits per heavy atom. The minimum Gasteiger partial charge on any atom is -0.139 e. The second-order valence-electron chi connectivity index (χ2n) is 1.21. The molecule has 0 aliphatic carbocycles. The summed E-state index contributed by atoms with van der Waals surface area (Å²) in [7, 11) is 0. The molecule has 0 bridgehead atoms. The van der Waals surface area contributed by atoms with Crippen molar-refractivity contribution in [2.45, 2.75) is 0 Å². The summed E-state index contributed by atoms with van der Waals surface area (Å²) in [5, 5.41) is 22.0. The zero-order valence-corrected chi connectivity index (χ0v) is 4.75. The second kappa shape index (κ2) is 1.87. The van der Waals surface area contributed by atoms with E-state index in [1.807, 2.05) is 0 Å². The number of quaternary nitrogens is 1. The third-order valence-electron chi connectivity index (χ3n) is 0.584. The predicted octanol–water partition coefficient (Wildman–Crippen LogP) is 0.743. The molecule has 1 heterocycles. The fourth-order valence-corrected chi connectivity index (χ4v) is 0.717. The maximum Gasteiger partial charge on any atom is 0.210 e. The van der Waals surface area contributed by atoms with Gasteiger partial charge in [-0.3, -0.25) is 0 Å². The Kier molecular flexibility index (Phi) is 1.35. The average Bonchev–Trinajstić information content (AvgIpc) is 1.65. The van der Waals surface area contributed by atoms with Crippen LogP contribution in [0.2, 0.25) is 0 Å². The number of rotatable bonds is 0. The molecule has 4 nitrogen and oxygen atoms in total. The molecule has 5 heteroatoms. The maximum absolute atomic E-state index is 8.58. The molecular weight excluding hydrogens is 128 g/mol. The quantitative estimate of drug-likeness (QED) is 0.378. The molecule has 44 valence electrons. The van der Waals surface area contributed by atoms with Crippen LogP contribution in [0.25, 0.3) is 0 Å². The van der Waals surface area contributed by atoms with Gasteiger partial charge in [0.25, 0.3) is 0 Å². The van der Waals surface area contributed by atoms with E-state index in [1.54, 1.807) is 6.08 Å². The van der Waals surface area contributed by atoms with Gasteiger partial charge in [0, 0.05) is 5.41 Å². The first-order chi connectivity index (χ1) is 3.71. The summed E-state index contributed by atoms with van der Waals surface area (Å²) in [6.07, 6.45) is 2.93. The minimum absolute atomic E-state index is 0.791. The highest BCUT2D eigenvalue weighted by atomic mass is 32.2. The Bertz CT molecular complexity index is 142. The smallest absolute Gasteiger partial charge is 0.139 e. The summed E-state index contributed by atoms with van der Waals surface area (Å²) in [5.41, 5.74) is 0. The Morgan fingerprint density at radius 2 is 2.25 bits per heavy atom. The van der Waals surface area contributed by atoms with Gasteiger partial charge in [-0.15, -0.1) is 10.4 Å². The highest BCUT2D eigenvalue weighted by molar-refractivity contribution is 7.96. The molecule has 1 aliphatic heterocycles. The van der Waals surface area contributed by atoms with Crippen LogP contribution in [0.3, 0.4) is 0 Å². The third kappa shape index (κ3) is 1.31. The van der Waals surface area contributed by atoms with Crippen LogP contribution in [0, 0.1) is 0 Å². The van der Waals surface area contributed by atoms with Crippen LogP contribution in [-0.2, 0) is 0 Å². The van der Waals surface area contributed by atoms with Gasteiger partial charge in [0.2, 0.25) is 11.9 Å². The molecule has 2 N–H and O–H groups in total. The zero-order chi connectivity index (χ0) is 6.04. The number of nitrogens with zero attached hydrogens (tertiary/aromatic N) is 2. The lowest BCUT2D eigenvalue weighted by Crippen LogP contribution is -2.26. The summed E-state index contributed by atoms with van der Waals surface area (Å²) in [4.78, 5) is 0. The van der Waals surface area contributed by atoms with Crippen LogP contribution in [0.15, 0.2) is 16.6 Å². The van der Waals surface area contributed by atoms with Gasteiger partial charge in [0.05, 0.1) is 6.21 Å². The van der Waals surface area contributed by atoms with Crippen molar-refractivity contribution >= 4 is 18.2 Å². The largest absolute Gasteiger partial charge is 0.210 e. The molecular formula is C3H5N2O2S+. The molecule has 0 aromatic carbocycles. The second-order valence-corrected chi connectivity index (χ2v) is 2.18. The third-order valence-corrected chi connectivity index (χ3v) is 1.24. The molecule has 8 heavy (non-hydrogen) atoms. The van der Waals surface area contributed by atoms with Gasteiger partial charge in [-0.2, -0.15) is 0 Å². The minimum atomic E-state index is -1.35. The molecule has 0 saturated carbocycles. The monoisotopic (exact) mass is 133 g/mol. The van der Waals surface area contributed by atoms with E-state index in [-0.39, 0.29) is 0 Å². The Labute approximate surface area is 50.4 Å². The lowest BCUT2D eigenvalue weighted by atomic mass is 10.7. The lowest BCUT2D eigenvalue weighted by Gasteiger charge is -2.08. The fourth-order valence-electron chi connectivity index (χ4n) is 0.304. The van der Waals surface area contributed by atoms with Gasteiger partial charge in [-0.1, -0.05) is 0 Å². The van der Waals surface area contributed by atoms with Crippen LogP contribution in [-0.4, -0.2) is 21.0 Å². The van der Waals surface area contributed by atoms with E-state index in [0.717, 1.165) is 11.9 Å². The summed E-state index contributed by atoms with van der Waals surface area (Å²) < 4.78 is -1.35. The van der Waals surface area contributed by atoms with Crippen LogP contribution in [0.1, 0.15) is 0 Å². The number of allylic oxidation sites excluding steroid dienone is 1. The zero-order valence-electron chi connectivity index (χ0n) is 3.93. The molecule has 0 fully saturated rings. The molecule has 0 saturated heterocycles. The van der Waals surface area contributed by atoms with Gasteiger partial charge in [-0.05, 0) is 11.2 Å². The van der Waals surface area contributed by atoms with E-state index in [4.69, 9.17) is 10.4 Å². The summed E-state index contributed by atoms with van der Waals surface area (Å²) in [5.74, 6) is 0. The van der Waals surface area contributed by atoms with Gasteiger partial charge in [0.1, 0.15) is 4.32 Å². The first-order valence-electron chi connectivity index (χ1n) is 1.94. The van der Waals surface area contributed by atoms with Gasteiger partial charge in [-0.25, -0.2) is 0 Å². The van der Waals surface area contributed by atoms with E-state index in [0.29, 0.717) is 0 Å². The van der Waals surface area contributed by atoms with E-state index in [2.05, 4.69) is 5.10 Å². The molecule has 0 aromatic rings. The maximum atomic E-state index is 8.58. The van der Waals surface area contributed by atoms with Crippen LogP contribution < -0.4 is 0 Å².